The number of aliphatic imine (C=N–C) groups is 1. The molecule has 0 radical (unpaired) electrons. The predicted molar refractivity (Wildman–Crippen MR) is 132 cm³/mol. The summed E-state index contributed by atoms with van der Waals surface area (Å²) < 4.78 is 0. The van der Waals surface area contributed by atoms with Gasteiger partial charge in [0.15, 0.2) is 5.96 Å². The Labute approximate surface area is 213 Å². The molecule has 37 heavy (non-hydrogen) atoms. The van der Waals surface area contributed by atoms with E-state index in [2.05, 4.69) is 20.9 Å². The summed E-state index contributed by atoms with van der Waals surface area (Å²) in [7, 11) is 0. The van der Waals surface area contributed by atoms with E-state index in [1.54, 1.807) is 0 Å². The van der Waals surface area contributed by atoms with Crippen LogP contribution in [-0.2, 0) is 28.8 Å². The number of aliphatic carboxylic acids is 1. The van der Waals surface area contributed by atoms with Gasteiger partial charge in [0, 0.05) is 6.54 Å². The second-order valence-corrected chi connectivity index (χ2v) is 8.20. The smallest absolute Gasteiger partial charge is 0.326 e. The summed E-state index contributed by atoms with van der Waals surface area (Å²) in [5.74, 6) is -5.95. The van der Waals surface area contributed by atoms with Crippen molar-refractivity contribution in [1.82, 2.24) is 16.0 Å². The average Bonchev–Trinajstić information content (AvgIpc) is 2.78. The molecule has 0 saturated carbocycles. The molecule has 0 aliphatic rings. The Balaban J connectivity index is 5.67. The van der Waals surface area contributed by atoms with Gasteiger partial charge >= 0.3 is 5.97 Å². The maximum absolute atomic E-state index is 13.1. The lowest BCUT2D eigenvalue weighted by Gasteiger charge is -2.25. The van der Waals surface area contributed by atoms with Crippen molar-refractivity contribution >= 4 is 41.5 Å². The molecule has 0 aromatic heterocycles. The third-order valence-corrected chi connectivity index (χ3v) is 4.94. The molecule has 210 valence electrons. The Hall–Kier alpha value is -3.99. The maximum atomic E-state index is 13.1. The summed E-state index contributed by atoms with van der Waals surface area (Å²) in [4.78, 5) is 75.7. The molecule has 16 N–H and O–H groups in total. The molecule has 5 amide bonds. The summed E-state index contributed by atoms with van der Waals surface area (Å²) >= 11 is 0. The minimum atomic E-state index is -1.61. The first kappa shape index (κ1) is 33.0. The number of carboxylic acid groups (broad SMARTS) is 1. The number of nitrogens with two attached hydrogens (primary N) is 6. The summed E-state index contributed by atoms with van der Waals surface area (Å²) in [6.07, 6.45) is 0.116. The standard InChI is InChI=1S/C20H38N10O7/c21-6-2-1-4-11(18(35)30-13(19(36)37)9-15(24)32)29-17(34)12(5-3-7-27-20(25)26)28-16(33)10(22)8-14(23)31/h10-13H,1-9,21-22H2,(H2,23,31)(H2,24,32)(H,28,33)(H,29,34)(H,30,35)(H,36,37)(H4,25,26,27). The van der Waals surface area contributed by atoms with Crippen molar-refractivity contribution in [3.05, 3.63) is 0 Å². The van der Waals surface area contributed by atoms with Crippen LogP contribution in [-0.4, -0.2) is 83.8 Å². The van der Waals surface area contributed by atoms with Crippen molar-refractivity contribution in [3.8, 4) is 0 Å². The van der Waals surface area contributed by atoms with Crippen LogP contribution in [0.1, 0.15) is 44.9 Å². The molecule has 4 unspecified atom stereocenters. The van der Waals surface area contributed by atoms with Gasteiger partial charge in [-0.2, -0.15) is 0 Å². The zero-order valence-corrected chi connectivity index (χ0v) is 20.5. The van der Waals surface area contributed by atoms with Crippen LogP contribution in [0, 0.1) is 0 Å². The highest BCUT2D eigenvalue weighted by Gasteiger charge is 2.30. The third-order valence-electron chi connectivity index (χ3n) is 4.94. The number of carboxylic acids is 1. The van der Waals surface area contributed by atoms with Gasteiger partial charge in [0.2, 0.25) is 29.5 Å². The molecular weight excluding hydrogens is 492 g/mol. The number of carbonyl (C=O) groups excluding carboxylic acids is 5. The summed E-state index contributed by atoms with van der Waals surface area (Å²) in [6, 6.07) is -5.38. The number of rotatable bonds is 19. The fraction of sp³-hybridized carbons (Fsp3) is 0.650. The number of nitrogens with one attached hydrogen (secondary N) is 3. The van der Waals surface area contributed by atoms with Crippen LogP contribution in [0.4, 0.5) is 0 Å². The number of guanidine groups is 1. The molecule has 0 spiro atoms. The lowest BCUT2D eigenvalue weighted by Crippen LogP contribution is -2.57. The monoisotopic (exact) mass is 530 g/mol. The number of nitrogens with zero attached hydrogens (tertiary/aromatic N) is 1. The predicted octanol–water partition coefficient (Wildman–Crippen LogP) is -5.21. The molecule has 0 aliphatic heterocycles. The van der Waals surface area contributed by atoms with Gasteiger partial charge in [-0.15, -0.1) is 0 Å². The van der Waals surface area contributed by atoms with E-state index in [0.717, 1.165) is 0 Å². The molecule has 0 rings (SSSR count). The third kappa shape index (κ3) is 14.9. The zero-order valence-electron chi connectivity index (χ0n) is 20.5. The summed E-state index contributed by atoms with van der Waals surface area (Å²) in [5.41, 5.74) is 31.8. The van der Waals surface area contributed by atoms with Crippen LogP contribution in [0.3, 0.4) is 0 Å². The van der Waals surface area contributed by atoms with Crippen LogP contribution in [0.2, 0.25) is 0 Å². The second kappa shape index (κ2) is 17.4. The van der Waals surface area contributed by atoms with E-state index < -0.39 is 72.5 Å². The molecule has 0 saturated heterocycles. The van der Waals surface area contributed by atoms with E-state index >= 15 is 0 Å². The fourth-order valence-corrected chi connectivity index (χ4v) is 3.07. The Morgan fingerprint density at radius 1 is 0.703 bits per heavy atom. The van der Waals surface area contributed by atoms with Crippen LogP contribution >= 0.6 is 0 Å². The SMILES string of the molecule is NCCCCC(NC(=O)C(CCCN=C(N)N)NC(=O)C(N)CC(N)=O)C(=O)NC(CC(N)=O)C(=O)O. The van der Waals surface area contributed by atoms with Crippen molar-refractivity contribution < 1.29 is 33.9 Å². The van der Waals surface area contributed by atoms with E-state index in [1.807, 2.05) is 0 Å². The normalized spacial score (nSPS) is 13.8. The minimum absolute atomic E-state index is 0.0220. The van der Waals surface area contributed by atoms with E-state index in [4.69, 9.17) is 34.4 Å². The molecule has 0 heterocycles. The quantitative estimate of drug-likeness (QED) is 0.0427. The number of hydrogen-bond donors (Lipinski definition) is 10. The van der Waals surface area contributed by atoms with E-state index in [-0.39, 0.29) is 31.8 Å². The summed E-state index contributed by atoms with van der Waals surface area (Å²) in [6.45, 7) is 0.437. The van der Waals surface area contributed by atoms with Crippen molar-refractivity contribution in [2.24, 2.45) is 39.4 Å². The largest absolute Gasteiger partial charge is 0.480 e. The number of amides is 5. The number of unbranched alkanes of at least 4 members (excludes halogenated alkanes) is 1. The van der Waals surface area contributed by atoms with Crippen LogP contribution in [0.25, 0.3) is 0 Å². The molecule has 17 nitrogen and oxygen atoms in total. The zero-order chi connectivity index (χ0) is 28.5. The Morgan fingerprint density at radius 3 is 1.65 bits per heavy atom. The van der Waals surface area contributed by atoms with Gasteiger partial charge in [0.1, 0.15) is 18.1 Å². The molecule has 17 heteroatoms. The Morgan fingerprint density at radius 2 is 1.19 bits per heavy atom. The molecule has 0 aliphatic carbocycles. The first-order chi connectivity index (χ1) is 17.3. The van der Waals surface area contributed by atoms with Crippen molar-refractivity contribution in [1.29, 1.82) is 0 Å². The average molecular weight is 531 g/mol. The van der Waals surface area contributed by atoms with E-state index in [0.29, 0.717) is 19.4 Å². The van der Waals surface area contributed by atoms with Gasteiger partial charge in [-0.3, -0.25) is 29.0 Å². The fourth-order valence-electron chi connectivity index (χ4n) is 3.07. The van der Waals surface area contributed by atoms with Crippen molar-refractivity contribution in [3.63, 3.8) is 0 Å². The van der Waals surface area contributed by atoms with Crippen LogP contribution < -0.4 is 50.4 Å². The van der Waals surface area contributed by atoms with Gasteiger partial charge in [-0.05, 0) is 38.6 Å². The van der Waals surface area contributed by atoms with Crippen LogP contribution in [0.5, 0.6) is 0 Å². The van der Waals surface area contributed by atoms with Gasteiger partial charge in [0.25, 0.3) is 0 Å². The number of carbonyl (C=O) groups is 6. The lowest BCUT2D eigenvalue weighted by molar-refractivity contribution is -0.143. The number of primary amides is 2. The molecule has 4 atom stereocenters. The molecule has 0 aromatic rings. The van der Waals surface area contributed by atoms with Crippen molar-refractivity contribution in [2.75, 3.05) is 13.1 Å². The van der Waals surface area contributed by atoms with Gasteiger partial charge in [0.05, 0.1) is 18.9 Å². The number of hydrogen-bond acceptors (Lipinski definition) is 9. The highest BCUT2D eigenvalue weighted by molar-refractivity contribution is 5.95. The first-order valence-electron chi connectivity index (χ1n) is 11.5. The van der Waals surface area contributed by atoms with Gasteiger partial charge in [-0.1, -0.05) is 0 Å². The minimum Gasteiger partial charge on any atom is -0.480 e. The van der Waals surface area contributed by atoms with Gasteiger partial charge < -0.3 is 55.5 Å². The topological polar surface area (TPSA) is 327 Å². The highest BCUT2D eigenvalue weighted by Crippen LogP contribution is 2.06. The molecule has 0 bridgehead atoms. The first-order valence-corrected chi connectivity index (χ1v) is 11.5. The highest BCUT2D eigenvalue weighted by atomic mass is 16.4. The van der Waals surface area contributed by atoms with E-state index in [1.165, 1.54) is 0 Å². The van der Waals surface area contributed by atoms with Crippen molar-refractivity contribution in [2.45, 2.75) is 69.1 Å². The lowest BCUT2D eigenvalue weighted by atomic mass is 10.0. The van der Waals surface area contributed by atoms with Gasteiger partial charge in [-0.25, -0.2) is 4.79 Å². The Bertz CT molecular complexity index is 847. The second-order valence-electron chi connectivity index (χ2n) is 8.20. The molecule has 0 aromatic carbocycles. The van der Waals surface area contributed by atoms with Crippen LogP contribution in [0.15, 0.2) is 4.99 Å². The molecule has 0 fully saturated rings. The van der Waals surface area contributed by atoms with E-state index in [9.17, 15) is 33.9 Å². The maximum Gasteiger partial charge on any atom is 0.326 e. The summed E-state index contributed by atoms with van der Waals surface area (Å²) in [5, 5.41) is 16.3. The molecular formula is C20H38N10O7. The Kier molecular flexibility index (Phi) is 15.6.